The van der Waals surface area contributed by atoms with Crippen molar-refractivity contribution >= 4 is 28.9 Å². The highest BCUT2D eigenvalue weighted by Crippen LogP contribution is 2.21. The van der Waals surface area contributed by atoms with Gasteiger partial charge in [0.2, 0.25) is 0 Å². The largest absolute Gasteiger partial charge is 0.478 e. The molecule has 2 aromatic carbocycles. The van der Waals surface area contributed by atoms with E-state index >= 15 is 0 Å². The van der Waals surface area contributed by atoms with Crippen LogP contribution >= 0.6 is 11.6 Å². The maximum Gasteiger partial charge on any atom is 0.335 e. The quantitative estimate of drug-likeness (QED) is 0.683. The molecule has 0 fully saturated rings. The molecule has 0 amide bonds. The fraction of sp³-hybridized carbons (Fsp3) is 0.0588. The zero-order valence-corrected chi connectivity index (χ0v) is 13.9. The Hall–Kier alpha value is -3.19. The van der Waals surface area contributed by atoms with Crippen molar-refractivity contribution in [3.63, 3.8) is 0 Å². The predicted molar refractivity (Wildman–Crippen MR) is 93.7 cm³/mol. The highest BCUT2D eigenvalue weighted by atomic mass is 35.5. The van der Waals surface area contributed by atoms with Gasteiger partial charge in [0.05, 0.1) is 22.6 Å². The highest BCUT2D eigenvalue weighted by Gasteiger charge is 2.13. The Kier molecular flexibility index (Phi) is 4.49. The van der Waals surface area contributed by atoms with E-state index in [1.54, 1.807) is 43.3 Å². The molecule has 7 nitrogen and oxygen atoms in total. The van der Waals surface area contributed by atoms with Gasteiger partial charge in [-0.1, -0.05) is 23.7 Å². The molecule has 0 aliphatic carbocycles. The first-order valence-electron chi connectivity index (χ1n) is 7.28. The minimum Gasteiger partial charge on any atom is -0.478 e. The highest BCUT2D eigenvalue weighted by molar-refractivity contribution is 6.30. The van der Waals surface area contributed by atoms with E-state index in [-0.39, 0.29) is 11.3 Å². The first-order valence-corrected chi connectivity index (χ1v) is 7.66. The van der Waals surface area contributed by atoms with Crippen LogP contribution in [-0.2, 0) is 0 Å². The molecule has 0 aliphatic heterocycles. The molecule has 0 radical (unpaired) electrons. The average molecular weight is 357 g/mol. The zero-order chi connectivity index (χ0) is 18.0. The number of azo groups is 1. The fourth-order valence-electron chi connectivity index (χ4n) is 2.26. The van der Waals surface area contributed by atoms with Crippen molar-refractivity contribution in [3.8, 4) is 5.69 Å². The number of rotatable bonds is 4. The van der Waals surface area contributed by atoms with Gasteiger partial charge in [0.15, 0.2) is 5.69 Å². The number of nitrogens with zero attached hydrogens (tertiary/aromatic N) is 3. The third kappa shape index (κ3) is 3.51. The molecule has 3 rings (SSSR count). The Bertz CT molecular complexity index is 1040. The van der Waals surface area contributed by atoms with Gasteiger partial charge in [-0.3, -0.25) is 9.89 Å². The van der Waals surface area contributed by atoms with E-state index in [1.807, 2.05) is 0 Å². The van der Waals surface area contributed by atoms with E-state index in [2.05, 4.69) is 15.3 Å². The van der Waals surface area contributed by atoms with Crippen LogP contribution in [0.15, 0.2) is 63.6 Å². The summed E-state index contributed by atoms with van der Waals surface area (Å²) in [4.78, 5) is 23.7. The predicted octanol–water partition coefficient (Wildman–Crippen LogP) is 4.24. The molecule has 0 bridgehead atoms. The van der Waals surface area contributed by atoms with Crippen LogP contribution in [0.3, 0.4) is 0 Å². The van der Waals surface area contributed by atoms with Gasteiger partial charge in [-0.15, -0.1) is 5.11 Å². The maximum atomic E-state index is 12.6. The zero-order valence-electron chi connectivity index (χ0n) is 13.1. The summed E-state index contributed by atoms with van der Waals surface area (Å²) in [6.07, 6.45) is 0. The molecule has 0 spiro atoms. The number of carboxylic acid groups (broad SMARTS) is 1. The second kappa shape index (κ2) is 6.74. The maximum absolute atomic E-state index is 12.6. The minimum atomic E-state index is -1.07. The summed E-state index contributed by atoms with van der Waals surface area (Å²) in [5, 5.41) is 20.5. The standard InChI is InChI=1S/C17H13ClN4O3/c1-10-15(20-19-13-6-3-5-12(18)9-13)16(23)22(21-10)14-7-2-4-11(8-14)17(24)25/h2-9,21H,1H3,(H,24,25). The molecule has 0 saturated heterocycles. The van der Waals surface area contributed by atoms with Crippen LogP contribution < -0.4 is 5.56 Å². The van der Waals surface area contributed by atoms with Crippen molar-refractivity contribution in [1.82, 2.24) is 9.78 Å². The number of aromatic nitrogens is 2. The molecule has 2 N–H and O–H groups in total. The van der Waals surface area contributed by atoms with E-state index in [0.29, 0.717) is 22.1 Å². The third-order valence-electron chi connectivity index (χ3n) is 3.47. The van der Waals surface area contributed by atoms with Crippen LogP contribution in [0, 0.1) is 6.92 Å². The summed E-state index contributed by atoms with van der Waals surface area (Å²) < 4.78 is 1.23. The van der Waals surface area contributed by atoms with Crippen molar-refractivity contribution in [2.24, 2.45) is 10.2 Å². The molecule has 8 heteroatoms. The summed E-state index contributed by atoms with van der Waals surface area (Å²) in [7, 11) is 0. The van der Waals surface area contributed by atoms with Gasteiger partial charge in [0.1, 0.15) is 0 Å². The van der Waals surface area contributed by atoms with Gasteiger partial charge in [-0.05, 0) is 43.3 Å². The molecule has 1 aromatic heterocycles. The van der Waals surface area contributed by atoms with Gasteiger partial charge in [-0.25, -0.2) is 9.48 Å². The Morgan fingerprint density at radius 1 is 1.16 bits per heavy atom. The van der Waals surface area contributed by atoms with Crippen molar-refractivity contribution in [2.45, 2.75) is 6.92 Å². The number of carbonyl (C=O) groups is 1. The number of aryl methyl sites for hydroxylation is 1. The summed E-state index contributed by atoms with van der Waals surface area (Å²) in [6.45, 7) is 1.69. The van der Waals surface area contributed by atoms with Crippen molar-refractivity contribution in [1.29, 1.82) is 0 Å². The second-order valence-corrected chi connectivity index (χ2v) is 5.70. The molecule has 126 valence electrons. The van der Waals surface area contributed by atoms with E-state index in [9.17, 15) is 9.59 Å². The smallest absolute Gasteiger partial charge is 0.335 e. The number of benzene rings is 2. The van der Waals surface area contributed by atoms with Gasteiger partial charge >= 0.3 is 5.97 Å². The minimum absolute atomic E-state index is 0.0822. The lowest BCUT2D eigenvalue weighted by Crippen LogP contribution is -2.14. The fourth-order valence-corrected chi connectivity index (χ4v) is 2.45. The van der Waals surface area contributed by atoms with Crippen molar-refractivity contribution < 1.29 is 9.90 Å². The number of halogens is 1. The van der Waals surface area contributed by atoms with Crippen LogP contribution in [0.2, 0.25) is 5.02 Å². The van der Waals surface area contributed by atoms with Crippen molar-refractivity contribution in [3.05, 3.63) is 75.2 Å². The summed E-state index contributed by atoms with van der Waals surface area (Å²) >= 11 is 5.89. The molecule has 1 heterocycles. The van der Waals surface area contributed by atoms with Crippen LogP contribution in [-0.4, -0.2) is 20.9 Å². The van der Waals surface area contributed by atoms with Crippen LogP contribution in [0.4, 0.5) is 11.4 Å². The molecule has 0 atom stereocenters. The number of carboxylic acids is 1. The molecule has 25 heavy (non-hydrogen) atoms. The van der Waals surface area contributed by atoms with Gasteiger partial charge in [-0.2, -0.15) is 5.11 Å². The first-order chi connectivity index (χ1) is 12.0. The SMILES string of the molecule is Cc1[nH]n(-c2cccc(C(=O)O)c2)c(=O)c1N=Nc1cccc(Cl)c1. The summed E-state index contributed by atoms with van der Waals surface area (Å²) in [5.41, 5.74) is 1.23. The van der Waals surface area contributed by atoms with Gasteiger partial charge in [0, 0.05) is 5.02 Å². The molecule has 3 aromatic rings. The van der Waals surface area contributed by atoms with E-state index < -0.39 is 11.5 Å². The number of aromatic carboxylic acids is 1. The lowest BCUT2D eigenvalue weighted by molar-refractivity contribution is 0.0697. The summed E-state index contributed by atoms with van der Waals surface area (Å²) in [6, 6.07) is 12.8. The van der Waals surface area contributed by atoms with Crippen LogP contribution in [0.25, 0.3) is 5.69 Å². The molecular formula is C17H13ClN4O3. The molecule has 0 unspecified atom stereocenters. The Morgan fingerprint density at radius 2 is 1.92 bits per heavy atom. The third-order valence-corrected chi connectivity index (χ3v) is 3.70. The van der Waals surface area contributed by atoms with Gasteiger partial charge < -0.3 is 5.11 Å². The monoisotopic (exact) mass is 356 g/mol. The lowest BCUT2D eigenvalue weighted by Gasteiger charge is -2.02. The van der Waals surface area contributed by atoms with Gasteiger partial charge in [0.25, 0.3) is 5.56 Å². The van der Waals surface area contributed by atoms with Crippen LogP contribution in [0.5, 0.6) is 0 Å². The number of H-pyrrole nitrogens is 1. The topological polar surface area (TPSA) is 99.8 Å². The number of nitrogens with one attached hydrogen (secondary N) is 1. The Labute approximate surface area is 147 Å². The molecular weight excluding hydrogens is 344 g/mol. The normalized spacial score (nSPS) is 11.1. The number of hydrogen-bond acceptors (Lipinski definition) is 4. The second-order valence-electron chi connectivity index (χ2n) is 5.26. The van der Waals surface area contributed by atoms with E-state index in [0.717, 1.165) is 0 Å². The Morgan fingerprint density at radius 3 is 2.64 bits per heavy atom. The van der Waals surface area contributed by atoms with E-state index in [1.165, 1.54) is 16.8 Å². The number of aromatic amines is 1. The van der Waals surface area contributed by atoms with Crippen LogP contribution in [0.1, 0.15) is 16.1 Å². The van der Waals surface area contributed by atoms with Crippen molar-refractivity contribution in [2.75, 3.05) is 0 Å². The average Bonchev–Trinajstić information content (AvgIpc) is 2.87. The number of hydrogen-bond donors (Lipinski definition) is 2. The molecule has 0 aliphatic rings. The van der Waals surface area contributed by atoms with E-state index in [4.69, 9.17) is 16.7 Å². The summed E-state index contributed by atoms with van der Waals surface area (Å²) in [5.74, 6) is -1.07. The first kappa shape index (κ1) is 16.7. The Balaban J connectivity index is 2.00. The molecule has 0 saturated carbocycles. The lowest BCUT2D eigenvalue weighted by atomic mass is 10.2.